The molecule has 2 heteroatoms. The first-order valence-corrected chi connectivity index (χ1v) is 4.99. The molecule has 15 heavy (non-hydrogen) atoms. The van der Waals surface area contributed by atoms with E-state index in [1.807, 2.05) is 18.2 Å². The van der Waals surface area contributed by atoms with Gasteiger partial charge in [-0.25, -0.2) is 4.98 Å². The van der Waals surface area contributed by atoms with Crippen LogP contribution in [0.1, 0.15) is 19.4 Å². The summed E-state index contributed by atoms with van der Waals surface area (Å²) in [4.78, 5) is 4.09. The molecular formula is C13H15N2. The largest absolute Gasteiger partial charge is 0.383 e. The lowest BCUT2D eigenvalue weighted by Gasteiger charge is -2.21. The zero-order chi connectivity index (χ0) is 11.1. The van der Waals surface area contributed by atoms with Gasteiger partial charge in [-0.05, 0) is 29.4 Å². The minimum atomic E-state index is -0.118. The van der Waals surface area contributed by atoms with Crippen LogP contribution in [0.3, 0.4) is 0 Å². The molecule has 1 aromatic carbocycles. The van der Waals surface area contributed by atoms with Crippen molar-refractivity contribution in [1.29, 1.82) is 0 Å². The minimum absolute atomic E-state index is 0.118. The molecular weight excluding hydrogens is 184 g/mol. The van der Waals surface area contributed by atoms with Gasteiger partial charge in [0.2, 0.25) is 0 Å². The van der Waals surface area contributed by atoms with Crippen LogP contribution in [0, 0.1) is 6.92 Å². The van der Waals surface area contributed by atoms with Gasteiger partial charge in [0.05, 0.1) is 0 Å². The van der Waals surface area contributed by atoms with Crippen LogP contribution in [-0.4, -0.2) is 4.98 Å². The van der Waals surface area contributed by atoms with E-state index < -0.39 is 0 Å². The molecule has 0 bridgehead atoms. The Labute approximate surface area is 90.1 Å². The van der Waals surface area contributed by atoms with Crippen molar-refractivity contribution < 1.29 is 0 Å². The molecule has 77 valence electrons. The van der Waals surface area contributed by atoms with Crippen LogP contribution in [0.2, 0.25) is 0 Å². The van der Waals surface area contributed by atoms with Crippen molar-refractivity contribution in [3.8, 4) is 0 Å². The molecule has 2 aromatic rings. The average Bonchev–Trinajstić information content (AvgIpc) is 2.16. The number of benzene rings is 1. The van der Waals surface area contributed by atoms with Crippen LogP contribution >= 0.6 is 0 Å². The highest BCUT2D eigenvalue weighted by atomic mass is 14.8. The Morgan fingerprint density at radius 3 is 2.60 bits per heavy atom. The predicted molar refractivity (Wildman–Crippen MR) is 64.5 cm³/mol. The number of rotatable bonds is 1. The molecule has 0 saturated carbocycles. The summed E-state index contributed by atoms with van der Waals surface area (Å²) in [6.45, 7) is 8.35. The maximum atomic E-state index is 5.84. The number of nitrogens with two attached hydrogens (primary N) is 1. The number of hydrogen-bond donors (Lipinski definition) is 1. The predicted octanol–water partition coefficient (Wildman–Crippen LogP) is 2.93. The molecule has 1 radical (unpaired) electrons. The lowest BCUT2D eigenvalue weighted by atomic mass is 9.84. The number of anilines is 1. The van der Waals surface area contributed by atoms with E-state index in [0.29, 0.717) is 5.82 Å². The van der Waals surface area contributed by atoms with E-state index in [-0.39, 0.29) is 5.41 Å². The number of hydrogen-bond acceptors (Lipinski definition) is 2. The molecule has 2 N–H and O–H groups in total. The highest BCUT2D eigenvalue weighted by Gasteiger charge is 2.16. The van der Waals surface area contributed by atoms with E-state index >= 15 is 0 Å². The fourth-order valence-electron chi connectivity index (χ4n) is 1.82. The second-order valence-electron chi connectivity index (χ2n) is 4.48. The van der Waals surface area contributed by atoms with Crippen molar-refractivity contribution in [2.45, 2.75) is 19.3 Å². The van der Waals surface area contributed by atoms with Gasteiger partial charge in [0.1, 0.15) is 5.82 Å². The zero-order valence-corrected chi connectivity index (χ0v) is 9.12. The third-order valence-electron chi connectivity index (χ3n) is 2.57. The first kappa shape index (κ1) is 9.97. The second kappa shape index (κ2) is 3.23. The van der Waals surface area contributed by atoms with Gasteiger partial charge in [-0.15, -0.1) is 0 Å². The third kappa shape index (κ3) is 1.67. The van der Waals surface area contributed by atoms with Crippen LogP contribution in [-0.2, 0) is 5.41 Å². The van der Waals surface area contributed by atoms with Gasteiger partial charge in [-0.3, -0.25) is 0 Å². The lowest BCUT2D eigenvalue weighted by Crippen LogP contribution is -2.12. The van der Waals surface area contributed by atoms with Gasteiger partial charge in [-0.2, -0.15) is 0 Å². The van der Waals surface area contributed by atoms with Crippen LogP contribution in [0.4, 0.5) is 5.82 Å². The number of nitrogens with zero attached hydrogens (tertiary/aromatic N) is 1. The monoisotopic (exact) mass is 199 g/mol. The summed E-state index contributed by atoms with van der Waals surface area (Å²) in [5.74, 6) is 0.582. The Morgan fingerprint density at radius 2 is 1.93 bits per heavy atom. The normalized spacial score (nSPS) is 11.9. The molecule has 2 rings (SSSR count). The van der Waals surface area contributed by atoms with Gasteiger partial charge < -0.3 is 5.73 Å². The minimum Gasteiger partial charge on any atom is -0.383 e. The summed E-state index contributed by atoms with van der Waals surface area (Å²) in [6, 6.07) is 8.08. The number of aromatic nitrogens is 1. The van der Waals surface area contributed by atoms with E-state index in [2.05, 4.69) is 31.8 Å². The molecule has 0 fully saturated rings. The molecule has 0 atom stereocenters. The molecule has 0 amide bonds. The third-order valence-corrected chi connectivity index (χ3v) is 2.57. The number of pyridine rings is 1. The van der Waals surface area contributed by atoms with Crippen LogP contribution in [0.25, 0.3) is 10.8 Å². The first-order valence-electron chi connectivity index (χ1n) is 4.99. The van der Waals surface area contributed by atoms with Crippen molar-refractivity contribution in [2.75, 3.05) is 5.73 Å². The molecule has 1 heterocycles. The summed E-state index contributed by atoms with van der Waals surface area (Å²) in [7, 11) is 0. The fraction of sp³-hybridized carbons (Fsp3) is 0.231. The van der Waals surface area contributed by atoms with E-state index in [9.17, 15) is 0 Å². The molecule has 0 spiro atoms. The Bertz CT molecular complexity index is 495. The fourth-order valence-corrected chi connectivity index (χ4v) is 1.82. The molecule has 0 unspecified atom stereocenters. The summed E-state index contributed by atoms with van der Waals surface area (Å²) >= 11 is 0. The van der Waals surface area contributed by atoms with Crippen LogP contribution in [0.15, 0.2) is 30.5 Å². The topological polar surface area (TPSA) is 38.9 Å². The van der Waals surface area contributed by atoms with Crippen molar-refractivity contribution in [3.63, 3.8) is 0 Å². The van der Waals surface area contributed by atoms with Gasteiger partial charge in [-0.1, -0.05) is 32.0 Å². The maximum Gasteiger partial charge on any atom is 0.131 e. The van der Waals surface area contributed by atoms with Crippen molar-refractivity contribution in [1.82, 2.24) is 4.98 Å². The van der Waals surface area contributed by atoms with Gasteiger partial charge >= 0.3 is 0 Å². The Hall–Kier alpha value is -1.57. The van der Waals surface area contributed by atoms with E-state index in [1.54, 1.807) is 6.20 Å². The molecule has 2 nitrogen and oxygen atoms in total. The standard InChI is InChI=1S/C13H15N2/c1-13(2,3)11-6-4-5-10-9(11)7-8-15-12(10)14/h4-8H,1H2,2-3H3,(H2,14,15). The van der Waals surface area contributed by atoms with Crippen molar-refractivity contribution >= 4 is 16.6 Å². The summed E-state index contributed by atoms with van der Waals surface area (Å²) < 4.78 is 0. The molecule has 0 saturated heterocycles. The smallest absolute Gasteiger partial charge is 0.131 e. The first-order chi connectivity index (χ1) is 7.00. The molecule has 0 aliphatic rings. The zero-order valence-electron chi connectivity index (χ0n) is 9.12. The van der Waals surface area contributed by atoms with E-state index in [1.165, 1.54) is 5.56 Å². The summed E-state index contributed by atoms with van der Waals surface area (Å²) in [5, 5.41) is 2.15. The lowest BCUT2D eigenvalue weighted by molar-refractivity contribution is 0.671. The Kier molecular flexibility index (Phi) is 2.14. The van der Waals surface area contributed by atoms with Gasteiger partial charge in [0.15, 0.2) is 0 Å². The SMILES string of the molecule is [CH2]C(C)(C)c1cccc2c(N)nccc12. The number of fused-ring (bicyclic) bond motifs is 1. The van der Waals surface area contributed by atoms with Crippen molar-refractivity contribution in [3.05, 3.63) is 42.9 Å². The summed E-state index contributed by atoms with van der Waals surface area (Å²) in [5.41, 5.74) is 6.92. The van der Waals surface area contributed by atoms with Gasteiger partial charge in [0, 0.05) is 11.6 Å². The second-order valence-corrected chi connectivity index (χ2v) is 4.48. The molecule has 1 aromatic heterocycles. The van der Waals surface area contributed by atoms with E-state index in [4.69, 9.17) is 5.73 Å². The van der Waals surface area contributed by atoms with E-state index in [0.717, 1.165) is 10.8 Å². The van der Waals surface area contributed by atoms with Gasteiger partial charge in [0.25, 0.3) is 0 Å². The highest BCUT2D eigenvalue weighted by molar-refractivity contribution is 5.93. The van der Waals surface area contributed by atoms with Crippen LogP contribution < -0.4 is 5.73 Å². The molecule has 0 aliphatic heterocycles. The Morgan fingerprint density at radius 1 is 1.20 bits per heavy atom. The molecule has 0 aliphatic carbocycles. The summed E-state index contributed by atoms with van der Waals surface area (Å²) in [6.07, 6.45) is 1.74. The van der Waals surface area contributed by atoms with Crippen LogP contribution in [0.5, 0.6) is 0 Å². The maximum absolute atomic E-state index is 5.84. The van der Waals surface area contributed by atoms with Crippen molar-refractivity contribution in [2.24, 2.45) is 0 Å². The Balaban J connectivity index is 2.83. The average molecular weight is 199 g/mol. The highest BCUT2D eigenvalue weighted by Crippen LogP contribution is 2.30. The quantitative estimate of drug-likeness (QED) is 0.767. The number of nitrogen functional groups attached to an aromatic ring is 1.